The molecule has 0 aromatic heterocycles. The third-order valence-corrected chi connectivity index (χ3v) is 5.04. The smallest absolute Gasteiger partial charge is 0.321 e. The van der Waals surface area contributed by atoms with Crippen molar-refractivity contribution in [1.82, 2.24) is 9.80 Å². The lowest BCUT2D eigenvalue weighted by Crippen LogP contribution is -2.36. The summed E-state index contributed by atoms with van der Waals surface area (Å²) in [6.07, 6.45) is 2.31. The first-order chi connectivity index (χ1) is 10.5. The number of aryl methyl sites for hydroxylation is 1. The van der Waals surface area contributed by atoms with E-state index in [0.29, 0.717) is 5.41 Å². The summed E-state index contributed by atoms with van der Waals surface area (Å²) < 4.78 is 5.23. The van der Waals surface area contributed by atoms with Crippen LogP contribution in [0, 0.1) is 12.3 Å². The lowest BCUT2D eigenvalue weighted by Gasteiger charge is -2.24. The zero-order chi connectivity index (χ0) is 15.7. The maximum Gasteiger partial charge on any atom is 0.321 e. The Hall–Kier alpha value is -1.75. The fourth-order valence-corrected chi connectivity index (χ4v) is 3.66. The van der Waals surface area contributed by atoms with Crippen molar-refractivity contribution in [2.75, 3.05) is 45.7 Å². The molecule has 0 bridgehead atoms. The van der Waals surface area contributed by atoms with Crippen molar-refractivity contribution in [3.63, 3.8) is 0 Å². The monoisotopic (exact) mass is 303 g/mol. The van der Waals surface area contributed by atoms with Crippen molar-refractivity contribution in [3.05, 3.63) is 23.8 Å². The van der Waals surface area contributed by atoms with Crippen molar-refractivity contribution < 1.29 is 9.53 Å². The van der Waals surface area contributed by atoms with Gasteiger partial charge < -0.3 is 19.9 Å². The molecule has 3 rings (SSSR count). The molecular weight excluding hydrogens is 278 g/mol. The van der Waals surface area contributed by atoms with Gasteiger partial charge in [-0.15, -0.1) is 0 Å². The lowest BCUT2D eigenvalue weighted by molar-refractivity contribution is 0.212. The third-order valence-electron chi connectivity index (χ3n) is 5.04. The molecule has 2 heterocycles. The Morgan fingerprint density at radius 1 is 1.27 bits per heavy atom. The van der Waals surface area contributed by atoms with Gasteiger partial charge in [0.15, 0.2) is 0 Å². The molecule has 5 heteroatoms. The number of nitrogens with zero attached hydrogens (tertiary/aromatic N) is 2. The second kappa shape index (κ2) is 5.80. The molecule has 5 nitrogen and oxygen atoms in total. The molecule has 120 valence electrons. The van der Waals surface area contributed by atoms with E-state index in [2.05, 4.69) is 17.3 Å². The molecule has 0 aliphatic carbocycles. The van der Waals surface area contributed by atoms with E-state index in [-0.39, 0.29) is 6.03 Å². The van der Waals surface area contributed by atoms with E-state index < -0.39 is 0 Å². The molecule has 2 fully saturated rings. The van der Waals surface area contributed by atoms with Crippen LogP contribution in [0.25, 0.3) is 0 Å². The maximum atomic E-state index is 12.5. The number of benzene rings is 1. The van der Waals surface area contributed by atoms with Crippen LogP contribution in [0.4, 0.5) is 10.5 Å². The number of methoxy groups -OCH3 is 1. The number of anilines is 1. The Balaban J connectivity index is 1.66. The Morgan fingerprint density at radius 3 is 2.73 bits per heavy atom. The maximum absolute atomic E-state index is 12.5. The minimum Gasteiger partial charge on any atom is -0.497 e. The number of carbonyl (C=O) groups is 1. The number of nitrogens with one attached hydrogen (secondary N) is 1. The normalized spacial score (nSPS) is 25.0. The average molecular weight is 303 g/mol. The van der Waals surface area contributed by atoms with Crippen LogP contribution in [-0.4, -0.2) is 56.2 Å². The molecule has 22 heavy (non-hydrogen) atoms. The molecule has 1 atom stereocenters. The highest BCUT2D eigenvalue weighted by Gasteiger charge is 2.43. The van der Waals surface area contributed by atoms with Gasteiger partial charge in [0.1, 0.15) is 5.75 Å². The van der Waals surface area contributed by atoms with Crippen LogP contribution in [-0.2, 0) is 0 Å². The van der Waals surface area contributed by atoms with Gasteiger partial charge >= 0.3 is 6.03 Å². The highest BCUT2D eigenvalue weighted by Crippen LogP contribution is 2.39. The van der Waals surface area contributed by atoms with Gasteiger partial charge in [-0.2, -0.15) is 0 Å². The number of ether oxygens (including phenoxy) is 1. The van der Waals surface area contributed by atoms with E-state index in [9.17, 15) is 4.79 Å². The van der Waals surface area contributed by atoms with E-state index in [4.69, 9.17) is 4.74 Å². The van der Waals surface area contributed by atoms with Gasteiger partial charge in [0.25, 0.3) is 0 Å². The predicted octanol–water partition coefficient (Wildman–Crippen LogP) is 2.56. The largest absolute Gasteiger partial charge is 0.497 e. The van der Waals surface area contributed by atoms with Crippen LogP contribution >= 0.6 is 0 Å². The molecule has 1 unspecified atom stereocenters. The number of likely N-dealkylation sites (tertiary alicyclic amines) is 2. The molecule has 0 radical (unpaired) electrons. The highest BCUT2D eigenvalue weighted by atomic mass is 16.5. The van der Waals surface area contributed by atoms with Gasteiger partial charge in [-0.05, 0) is 45.0 Å². The van der Waals surface area contributed by atoms with E-state index in [0.717, 1.165) is 49.6 Å². The molecule has 1 aromatic carbocycles. The quantitative estimate of drug-likeness (QED) is 0.913. The van der Waals surface area contributed by atoms with E-state index in [1.807, 2.05) is 30.0 Å². The molecule has 2 amide bonds. The van der Waals surface area contributed by atoms with Crippen LogP contribution in [0.3, 0.4) is 0 Å². The van der Waals surface area contributed by atoms with Crippen LogP contribution < -0.4 is 10.1 Å². The van der Waals surface area contributed by atoms with Gasteiger partial charge in [-0.3, -0.25) is 0 Å². The average Bonchev–Trinajstić information content (AvgIpc) is 3.08. The second-order valence-electron chi connectivity index (χ2n) is 6.77. The zero-order valence-electron chi connectivity index (χ0n) is 13.7. The van der Waals surface area contributed by atoms with Crippen LogP contribution in [0.2, 0.25) is 0 Å². The Bertz CT molecular complexity index is 575. The third kappa shape index (κ3) is 2.90. The summed E-state index contributed by atoms with van der Waals surface area (Å²) in [6.45, 7) is 5.96. The summed E-state index contributed by atoms with van der Waals surface area (Å²) in [4.78, 5) is 16.9. The summed E-state index contributed by atoms with van der Waals surface area (Å²) in [7, 11) is 3.80. The number of urea groups is 1. The number of carbonyl (C=O) groups excluding carboxylic acids is 1. The Kier molecular flexibility index (Phi) is 4.00. The van der Waals surface area contributed by atoms with Crippen LogP contribution in [0.1, 0.15) is 18.4 Å². The van der Waals surface area contributed by atoms with Gasteiger partial charge in [0, 0.05) is 36.8 Å². The molecule has 2 aliphatic rings. The lowest BCUT2D eigenvalue weighted by atomic mass is 9.86. The molecule has 0 saturated carbocycles. The molecule has 2 saturated heterocycles. The Labute approximate surface area is 132 Å². The van der Waals surface area contributed by atoms with Crippen LogP contribution in [0.5, 0.6) is 5.75 Å². The minimum atomic E-state index is 0.00258. The number of hydrogen-bond acceptors (Lipinski definition) is 3. The van der Waals surface area contributed by atoms with Crippen molar-refractivity contribution >= 4 is 11.7 Å². The molecule has 1 spiro atoms. The van der Waals surface area contributed by atoms with Gasteiger partial charge in [0.05, 0.1) is 7.11 Å². The van der Waals surface area contributed by atoms with Crippen molar-refractivity contribution in [2.45, 2.75) is 19.8 Å². The van der Waals surface area contributed by atoms with Crippen molar-refractivity contribution in [2.24, 2.45) is 5.41 Å². The number of amides is 2. The SMILES string of the molecule is COc1ccc(C)c(NC(=O)N2CCC3(CCN(C)C3)C2)c1. The fraction of sp³-hybridized carbons (Fsp3) is 0.588. The molecular formula is C17H25N3O2. The first-order valence-corrected chi connectivity index (χ1v) is 7.90. The Morgan fingerprint density at radius 2 is 2.05 bits per heavy atom. The molecule has 1 N–H and O–H groups in total. The first-order valence-electron chi connectivity index (χ1n) is 7.90. The van der Waals surface area contributed by atoms with E-state index in [1.54, 1.807) is 7.11 Å². The van der Waals surface area contributed by atoms with Crippen molar-refractivity contribution in [1.29, 1.82) is 0 Å². The summed E-state index contributed by atoms with van der Waals surface area (Å²) >= 11 is 0. The van der Waals surface area contributed by atoms with E-state index in [1.165, 1.54) is 6.42 Å². The highest BCUT2D eigenvalue weighted by molar-refractivity contribution is 5.90. The summed E-state index contributed by atoms with van der Waals surface area (Å²) in [5.74, 6) is 0.760. The summed E-state index contributed by atoms with van der Waals surface area (Å²) in [6, 6.07) is 5.75. The number of hydrogen-bond donors (Lipinski definition) is 1. The van der Waals surface area contributed by atoms with Gasteiger partial charge in [-0.25, -0.2) is 4.79 Å². The number of rotatable bonds is 2. The topological polar surface area (TPSA) is 44.8 Å². The molecule has 2 aliphatic heterocycles. The minimum absolute atomic E-state index is 0.00258. The van der Waals surface area contributed by atoms with Gasteiger partial charge in [-0.1, -0.05) is 6.07 Å². The predicted molar refractivity (Wildman–Crippen MR) is 87.5 cm³/mol. The molecule has 1 aromatic rings. The standard InChI is InChI=1S/C17H25N3O2/c1-13-4-5-14(22-3)10-15(13)18-16(21)20-9-7-17(12-20)6-8-19(2)11-17/h4-5,10H,6-9,11-12H2,1-3H3,(H,18,21). The van der Waals surface area contributed by atoms with Gasteiger partial charge in [0.2, 0.25) is 0 Å². The zero-order valence-corrected chi connectivity index (χ0v) is 13.7. The summed E-state index contributed by atoms with van der Waals surface area (Å²) in [5, 5.41) is 3.04. The van der Waals surface area contributed by atoms with E-state index >= 15 is 0 Å². The summed E-state index contributed by atoms with van der Waals surface area (Å²) in [5.41, 5.74) is 2.19. The first kappa shape index (κ1) is 15.2. The second-order valence-corrected chi connectivity index (χ2v) is 6.77. The fourth-order valence-electron chi connectivity index (χ4n) is 3.66. The van der Waals surface area contributed by atoms with Crippen LogP contribution in [0.15, 0.2) is 18.2 Å². The van der Waals surface area contributed by atoms with Crippen molar-refractivity contribution in [3.8, 4) is 5.75 Å².